The maximum absolute atomic E-state index is 12.1. The third-order valence-electron chi connectivity index (χ3n) is 3.15. The zero-order chi connectivity index (χ0) is 12.6. The fourth-order valence-electron chi connectivity index (χ4n) is 1.78. The summed E-state index contributed by atoms with van der Waals surface area (Å²) in [6.07, 6.45) is 0.909. The second kappa shape index (κ2) is 4.99. The molecular weight excluding hydrogens is 370 g/mol. The maximum Gasteiger partial charge on any atom is 0.261 e. The van der Waals surface area contributed by atoms with Gasteiger partial charge in [-0.25, -0.2) is 0 Å². The molecule has 0 radical (unpaired) electrons. The summed E-state index contributed by atoms with van der Waals surface area (Å²) < 4.78 is 7.35. The van der Waals surface area contributed by atoms with Crippen molar-refractivity contribution in [3.63, 3.8) is 0 Å². The number of halogens is 2. The molecule has 1 aromatic rings. The highest BCUT2D eigenvalue weighted by Gasteiger charge is 2.38. The van der Waals surface area contributed by atoms with Crippen molar-refractivity contribution in [3.05, 3.63) is 19.2 Å². The van der Waals surface area contributed by atoms with Gasteiger partial charge in [0.25, 0.3) is 5.91 Å². The minimum Gasteiger partial charge on any atom is -0.376 e. The fourth-order valence-corrected chi connectivity index (χ4v) is 3.71. The SMILES string of the molecule is CC1OCCC1(C)NC(=O)c1cc(Br)c(Br)s1. The molecule has 2 rings (SSSR count). The second-order valence-electron chi connectivity index (χ2n) is 4.37. The van der Waals surface area contributed by atoms with E-state index >= 15 is 0 Å². The van der Waals surface area contributed by atoms with E-state index in [9.17, 15) is 4.79 Å². The predicted molar refractivity (Wildman–Crippen MR) is 75.6 cm³/mol. The summed E-state index contributed by atoms with van der Waals surface area (Å²) in [7, 11) is 0. The Morgan fingerprint density at radius 3 is 2.82 bits per heavy atom. The van der Waals surface area contributed by atoms with Crippen molar-refractivity contribution >= 4 is 49.1 Å². The lowest BCUT2D eigenvalue weighted by molar-refractivity contribution is 0.0730. The van der Waals surface area contributed by atoms with Crippen molar-refractivity contribution in [2.45, 2.75) is 31.9 Å². The van der Waals surface area contributed by atoms with Gasteiger partial charge in [-0.2, -0.15) is 0 Å². The highest BCUT2D eigenvalue weighted by molar-refractivity contribution is 9.13. The number of rotatable bonds is 2. The third-order valence-corrected chi connectivity index (χ3v) is 6.41. The van der Waals surface area contributed by atoms with Crippen LogP contribution in [0, 0.1) is 0 Å². The van der Waals surface area contributed by atoms with Crippen molar-refractivity contribution in [1.29, 1.82) is 0 Å². The molecule has 0 spiro atoms. The van der Waals surface area contributed by atoms with Crippen molar-refractivity contribution < 1.29 is 9.53 Å². The summed E-state index contributed by atoms with van der Waals surface area (Å²) in [5.74, 6) is -0.0405. The highest BCUT2D eigenvalue weighted by Crippen LogP contribution is 2.33. The number of ether oxygens (including phenoxy) is 1. The van der Waals surface area contributed by atoms with Gasteiger partial charge in [0.15, 0.2) is 0 Å². The minimum atomic E-state index is -0.264. The summed E-state index contributed by atoms with van der Waals surface area (Å²) in [5.41, 5.74) is -0.264. The molecule has 6 heteroatoms. The molecule has 2 unspecified atom stereocenters. The Labute approximate surface area is 121 Å². The van der Waals surface area contributed by atoms with E-state index in [4.69, 9.17) is 4.74 Å². The molecule has 1 aliphatic heterocycles. The number of carbonyl (C=O) groups is 1. The molecular formula is C11H13Br2NO2S. The molecule has 94 valence electrons. The van der Waals surface area contributed by atoms with E-state index in [2.05, 4.69) is 37.2 Å². The monoisotopic (exact) mass is 381 g/mol. The number of amides is 1. The van der Waals surface area contributed by atoms with E-state index in [1.54, 1.807) is 0 Å². The highest BCUT2D eigenvalue weighted by atomic mass is 79.9. The topological polar surface area (TPSA) is 38.3 Å². The van der Waals surface area contributed by atoms with Crippen molar-refractivity contribution in [3.8, 4) is 0 Å². The lowest BCUT2D eigenvalue weighted by Crippen LogP contribution is -2.50. The van der Waals surface area contributed by atoms with Crippen molar-refractivity contribution in [2.75, 3.05) is 6.61 Å². The van der Waals surface area contributed by atoms with Crippen LogP contribution in [0.3, 0.4) is 0 Å². The van der Waals surface area contributed by atoms with E-state index in [1.165, 1.54) is 11.3 Å². The van der Waals surface area contributed by atoms with Gasteiger partial charge in [-0.3, -0.25) is 4.79 Å². The smallest absolute Gasteiger partial charge is 0.261 e. The van der Waals surface area contributed by atoms with Crippen LogP contribution in [0.2, 0.25) is 0 Å². The van der Waals surface area contributed by atoms with E-state index in [1.807, 2.05) is 19.9 Å². The summed E-state index contributed by atoms with van der Waals surface area (Å²) in [6.45, 7) is 4.73. The summed E-state index contributed by atoms with van der Waals surface area (Å²) in [6, 6.07) is 1.83. The average molecular weight is 383 g/mol. The molecule has 1 amide bonds. The molecule has 3 nitrogen and oxygen atoms in total. The Balaban J connectivity index is 2.11. The fraction of sp³-hybridized carbons (Fsp3) is 0.545. The Hall–Kier alpha value is 0.0900. The molecule has 1 aliphatic rings. The quantitative estimate of drug-likeness (QED) is 0.848. The van der Waals surface area contributed by atoms with E-state index < -0.39 is 0 Å². The number of thiophene rings is 1. The molecule has 0 aromatic carbocycles. The molecule has 2 atom stereocenters. The zero-order valence-electron chi connectivity index (χ0n) is 9.55. The van der Waals surface area contributed by atoms with Crippen LogP contribution in [-0.4, -0.2) is 24.2 Å². The van der Waals surface area contributed by atoms with Gasteiger partial charge in [0.05, 0.1) is 20.3 Å². The molecule has 1 N–H and O–H groups in total. The number of nitrogens with one attached hydrogen (secondary N) is 1. The first-order valence-corrected chi connectivity index (χ1v) is 7.71. The van der Waals surface area contributed by atoms with Crippen LogP contribution in [0.5, 0.6) is 0 Å². The Morgan fingerprint density at radius 1 is 1.65 bits per heavy atom. The van der Waals surface area contributed by atoms with Gasteiger partial charge in [0.1, 0.15) is 0 Å². The van der Waals surface area contributed by atoms with Crippen LogP contribution in [0.15, 0.2) is 14.3 Å². The zero-order valence-corrected chi connectivity index (χ0v) is 13.5. The summed E-state index contributed by atoms with van der Waals surface area (Å²) in [4.78, 5) is 12.8. The van der Waals surface area contributed by atoms with Crippen LogP contribution in [0.25, 0.3) is 0 Å². The van der Waals surface area contributed by atoms with Crippen LogP contribution < -0.4 is 5.32 Å². The van der Waals surface area contributed by atoms with Gasteiger partial charge in [-0.15, -0.1) is 11.3 Å². The van der Waals surface area contributed by atoms with E-state index in [-0.39, 0.29) is 17.6 Å². The molecule has 1 fully saturated rings. The first-order valence-electron chi connectivity index (χ1n) is 5.31. The van der Waals surface area contributed by atoms with Gasteiger partial charge in [0.2, 0.25) is 0 Å². The first-order chi connectivity index (χ1) is 7.92. The Kier molecular flexibility index (Phi) is 3.97. The molecule has 2 heterocycles. The maximum atomic E-state index is 12.1. The van der Waals surface area contributed by atoms with E-state index in [0.29, 0.717) is 11.5 Å². The van der Waals surface area contributed by atoms with Gasteiger partial charge in [-0.05, 0) is 58.2 Å². The van der Waals surface area contributed by atoms with Crippen molar-refractivity contribution in [2.24, 2.45) is 0 Å². The largest absolute Gasteiger partial charge is 0.376 e. The van der Waals surface area contributed by atoms with Gasteiger partial charge in [0, 0.05) is 11.1 Å². The lowest BCUT2D eigenvalue weighted by Gasteiger charge is -2.28. The molecule has 0 saturated carbocycles. The first kappa shape index (κ1) is 13.5. The van der Waals surface area contributed by atoms with Crippen LogP contribution in [0.1, 0.15) is 29.9 Å². The van der Waals surface area contributed by atoms with Crippen molar-refractivity contribution in [1.82, 2.24) is 5.32 Å². The molecule has 0 aliphatic carbocycles. The van der Waals surface area contributed by atoms with Crippen LogP contribution >= 0.6 is 43.2 Å². The normalized spacial score (nSPS) is 28.4. The van der Waals surface area contributed by atoms with Gasteiger partial charge >= 0.3 is 0 Å². The van der Waals surface area contributed by atoms with Crippen LogP contribution in [-0.2, 0) is 4.74 Å². The van der Waals surface area contributed by atoms with E-state index in [0.717, 1.165) is 14.7 Å². The number of hydrogen-bond acceptors (Lipinski definition) is 3. The summed E-state index contributed by atoms with van der Waals surface area (Å²) in [5, 5.41) is 3.07. The third kappa shape index (κ3) is 2.75. The number of hydrogen-bond donors (Lipinski definition) is 1. The molecule has 17 heavy (non-hydrogen) atoms. The van der Waals surface area contributed by atoms with Gasteiger partial charge < -0.3 is 10.1 Å². The molecule has 1 aromatic heterocycles. The average Bonchev–Trinajstić information content (AvgIpc) is 2.73. The Bertz CT molecular complexity index is 429. The van der Waals surface area contributed by atoms with Crippen LogP contribution in [0.4, 0.5) is 0 Å². The summed E-state index contributed by atoms with van der Waals surface area (Å²) >= 11 is 8.19. The minimum absolute atomic E-state index is 0.0405. The molecule has 1 saturated heterocycles. The molecule has 0 bridgehead atoms. The Morgan fingerprint density at radius 2 is 2.35 bits per heavy atom. The lowest BCUT2D eigenvalue weighted by atomic mass is 9.94. The second-order valence-corrected chi connectivity index (χ2v) is 7.59. The standard InChI is InChI=1S/C11H13Br2NO2S/c1-6-11(2,3-4-16-6)14-10(15)8-5-7(12)9(13)17-8/h5-6H,3-4H2,1-2H3,(H,14,15). The number of carbonyl (C=O) groups excluding carboxylic acids is 1. The predicted octanol–water partition coefficient (Wildman–Crippen LogP) is 3.57. The van der Waals surface area contributed by atoms with Gasteiger partial charge in [-0.1, -0.05) is 0 Å².